The van der Waals surface area contributed by atoms with Gasteiger partial charge in [0.25, 0.3) is 0 Å². The van der Waals surface area contributed by atoms with E-state index in [9.17, 15) is 0 Å². The molecule has 0 radical (unpaired) electrons. The van der Waals surface area contributed by atoms with Crippen LogP contribution in [0.1, 0.15) is 31.7 Å². The van der Waals surface area contributed by atoms with Crippen molar-refractivity contribution in [2.75, 3.05) is 19.6 Å². The summed E-state index contributed by atoms with van der Waals surface area (Å²) < 4.78 is 0. The smallest absolute Gasteiger partial charge is 0.187 e. The first kappa shape index (κ1) is 15.9. The maximum atomic E-state index is 5.25. The predicted molar refractivity (Wildman–Crippen MR) is 92.4 cm³/mol. The van der Waals surface area contributed by atoms with Crippen LogP contribution in [0.15, 0.2) is 35.4 Å². The van der Waals surface area contributed by atoms with Gasteiger partial charge in [0.05, 0.1) is 0 Å². The lowest BCUT2D eigenvalue weighted by molar-refractivity contribution is 0.275. The summed E-state index contributed by atoms with van der Waals surface area (Å²) in [6, 6.07) is 10.2. The second-order valence-corrected chi connectivity index (χ2v) is 5.71. The highest BCUT2D eigenvalue weighted by atomic mass is 32.1. The molecule has 4 nitrogen and oxygen atoms in total. The number of hydrogen-bond acceptors (Lipinski definition) is 3. The molecule has 0 amide bonds. The van der Waals surface area contributed by atoms with Gasteiger partial charge in [-0.1, -0.05) is 37.3 Å². The average Bonchev–Trinajstić information content (AvgIpc) is 2.53. The van der Waals surface area contributed by atoms with Crippen LogP contribution in [0.3, 0.4) is 0 Å². The fourth-order valence-corrected chi connectivity index (χ4v) is 2.53. The van der Waals surface area contributed by atoms with Gasteiger partial charge in [-0.25, -0.2) is 0 Å². The number of nitrogens with one attached hydrogen (secondary N) is 2. The quantitative estimate of drug-likeness (QED) is 0.648. The van der Waals surface area contributed by atoms with Crippen molar-refractivity contribution in [2.24, 2.45) is 5.10 Å². The average molecular weight is 304 g/mol. The van der Waals surface area contributed by atoms with Crippen molar-refractivity contribution in [2.45, 2.75) is 32.7 Å². The molecular formula is C16H24N4S. The number of nitrogens with zero attached hydrogens (tertiary/aromatic N) is 2. The molecule has 1 aliphatic rings. The van der Waals surface area contributed by atoms with E-state index in [1.54, 1.807) is 0 Å². The normalized spacial score (nSPS) is 15.6. The Morgan fingerprint density at radius 3 is 2.62 bits per heavy atom. The van der Waals surface area contributed by atoms with Crippen LogP contribution < -0.4 is 10.7 Å². The molecule has 0 unspecified atom stereocenters. The zero-order valence-corrected chi connectivity index (χ0v) is 13.5. The molecule has 1 heterocycles. The Bertz CT molecular complexity index is 462. The van der Waals surface area contributed by atoms with E-state index in [1.807, 2.05) is 18.2 Å². The Hall–Kier alpha value is -1.46. The Morgan fingerprint density at radius 2 is 1.95 bits per heavy atom. The SMILES string of the molecule is CCCN1CCC(=NNC(=S)NCc2ccccc2)CC1. The molecule has 0 aromatic heterocycles. The third-order valence-corrected chi connectivity index (χ3v) is 3.82. The molecule has 114 valence electrons. The summed E-state index contributed by atoms with van der Waals surface area (Å²) in [5.41, 5.74) is 5.38. The molecular weight excluding hydrogens is 280 g/mol. The van der Waals surface area contributed by atoms with Crippen molar-refractivity contribution in [1.82, 2.24) is 15.6 Å². The van der Waals surface area contributed by atoms with E-state index in [0.29, 0.717) is 5.11 Å². The summed E-state index contributed by atoms with van der Waals surface area (Å²) in [5.74, 6) is 0. The van der Waals surface area contributed by atoms with Gasteiger partial charge in [0.15, 0.2) is 5.11 Å². The van der Waals surface area contributed by atoms with Crippen molar-refractivity contribution in [1.29, 1.82) is 0 Å². The van der Waals surface area contributed by atoms with Crippen molar-refractivity contribution in [3.05, 3.63) is 35.9 Å². The lowest BCUT2D eigenvalue weighted by Crippen LogP contribution is -2.36. The minimum atomic E-state index is 0.586. The van der Waals surface area contributed by atoms with Crippen LogP contribution in [0.2, 0.25) is 0 Å². The van der Waals surface area contributed by atoms with Gasteiger partial charge in [-0.2, -0.15) is 5.10 Å². The van der Waals surface area contributed by atoms with E-state index in [0.717, 1.165) is 32.5 Å². The van der Waals surface area contributed by atoms with Gasteiger partial charge in [-0.05, 0) is 30.7 Å². The molecule has 1 aromatic carbocycles. The van der Waals surface area contributed by atoms with E-state index in [4.69, 9.17) is 12.2 Å². The van der Waals surface area contributed by atoms with E-state index in [-0.39, 0.29) is 0 Å². The third-order valence-electron chi connectivity index (χ3n) is 3.58. The molecule has 1 saturated heterocycles. The van der Waals surface area contributed by atoms with Crippen LogP contribution >= 0.6 is 12.2 Å². The molecule has 2 rings (SSSR count). The lowest BCUT2D eigenvalue weighted by Gasteiger charge is -2.26. The van der Waals surface area contributed by atoms with Crippen LogP contribution in [0.5, 0.6) is 0 Å². The second-order valence-electron chi connectivity index (χ2n) is 5.30. The minimum Gasteiger partial charge on any atom is -0.357 e. The van der Waals surface area contributed by atoms with Crippen molar-refractivity contribution < 1.29 is 0 Å². The molecule has 0 bridgehead atoms. The Balaban J connectivity index is 1.68. The van der Waals surface area contributed by atoms with Gasteiger partial charge < -0.3 is 10.2 Å². The van der Waals surface area contributed by atoms with Crippen LogP contribution in [-0.4, -0.2) is 35.4 Å². The molecule has 0 aliphatic carbocycles. The van der Waals surface area contributed by atoms with E-state index >= 15 is 0 Å². The number of hydrogen-bond donors (Lipinski definition) is 2. The molecule has 0 saturated carbocycles. The maximum absolute atomic E-state index is 5.25. The molecule has 0 spiro atoms. The second kappa shape index (κ2) is 8.74. The fraction of sp³-hybridized carbons (Fsp3) is 0.500. The number of thiocarbonyl (C=S) groups is 1. The van der Waals surface area contributed by atoms with E-state index < -0.39 is 0 Å². The highest BCUT2D eigenvalue weighted by molar-refractivity contribution is 7.80. The molecule has 5 heteroatoms. The zero-order valence-electron chi connectivity index (χ0n) is 12.6. The van der Waals surface area contributed by atoms with Gasteiger partial charge in [0.1, 0.15) is 0 Å². The molecule has 1 aromatic rings. The Labute approximate surface area is 132 Å². The monoisotopic (exact) mass is 304 g/mol. The number of benzene rings is 1. The summed E-state index contributed by atoms with van der Waals surface area (Å²) in [7, 11) is 0. The summed E-state index contributed by atoms with van der Waals surface area (Å²) in [4.78, 5) is 2.49. The number of hydrazone groups is 1. The summed E-state index contributed by atoms with van der Waals surface area (Å²) >= 11 is 5.25. The topological polar surface area (TPSA) is 39.7 Å². The highest BCUT2D eigenvalue weighted by Gasteiger charge is 2.13. The van der Waals surface area contributed by atoms with Crippen LogP contribution in [0, 0.1) is 0 Å². The maximum Gasteiger partial charge on any atom is 0.187 e. The number of rotatable bonds is 5. The zero-order chi connectivity index (χ0) is 14.9. The Kier molecular flexibility index (Phi) is 6.63. The first-order valence-corrected chi connectivity index (χ1v) is 8.04. The first-order valence-electron chi connectivity index (χ1n) is 7.63. The lowest BCUT2D eigenvalue weighted by atomic mass is 10.1. The number of piperidine rings is 1. The van der Waals surface area contributed by atoms with Gasteiger partial charge in [-0.3, -0.25) is 5.43 Å². The van der Waals surface area contributed by atoms with E-state index in [1.165, 1.54) is 24.2 Å². The van der Waals surface area contributed by atoms with Crippen LogP contribution in [-0.2, 0) is 6.54 Å². The van der Waals surface area contributed by atoms with Crippen LogP contribution in [0.25, 0.3) is 0 Å². The standard InChI is InChI=1S/C16H24N4S/c1-2-10-20-11-8-15(9-12-20)18-19-16(21)17-13-14-6-4-3-5-7-14/h3-7H,2,8-13H2,1H3,(H2,17,19,21). The van der Waals surface area contributed by atoms with E-state index in [2.05, 4.69) is 39.8 Å². The van der Waals surface area contributed by atoms with Crippen molar-refractivity contribution in [3.63, 3.8) is 0 Å². The van der Waals surface area contributed by atoms with Gasteiger partial charge >= 0.3 is 0 Å². The minimum absolute atomic E-state index is 0.586. The molecule has 21 heavy (non-hydrogen) atoms. The van der Waals surface area contributed by atoms with Crippen LogP contribution in [0.4, 0.5) is 0 Å². The largest absolute Gasteiger partial charge is 0.357 e. The molecule has 2 N–H and O–H groups in total. The summed E-state index contributed by atoms with van der Waals surface area (Å²) in [6.45, 7) is 6.36. The van der Waals surface area contributed by atoms with Gasteiger partial charge in [0.2, 0.25) is 0 Å². The van der Waals surface area contributed by atoms with Gasteiger partial charge in [0, 0.05) is 38.2 Å². The Morgan fingerprint density at radius 1 is 1.24 bits per heavy atom. The molecule has 1 aliphatic heterocycles. The predicted octanol–water partition coefficient (Wildman–Crippen LogP) is 2.51. The van der Waals surface area contributed by atoms with Crippen molar-refractivity contribution >= 4 is 23.0 Å². The first-order chi connectivity index (χ1) is 10.3. The fourth-order valence-electron chi connectivity index (χ4n) is 2.41. The molecule has 0 atom stereocenters. The number of likely N-dealkylation sites (tertiary alicyclic amines) is 1. The highest BCUT2D eigenvalue weighted by Crippen LogP contribution is 2.07. The molecule has 1 fully saturated rings. The third kappa shape index (κ3) is 5.81. The van der Waals surface area contributed by atoms with Crippen molar-refractivity contribution in [3.8, 4) is 0 Å². The summed E-state index contributed by atoms with van der Waals surface area (Å²) in [6.07, 6.45) is 3.29. The van der Waals surface area contributed by atoms with Gasteiger partial charge in [-0.15, -0.1) is 0 Å². The summed E-state index contributed by atoms with van der Waals surface area (Å²) in [5, 5.41) is 8.18.